The lowest BCUT2D eigenvalue weighted by Gasteiger charge is -2.26. The Morgan fingerprint density at radius 1 is 0.943 bits per heavy atom. The lowest BCUT2D eigenvalue weighted by atomic mass is 10.0. The van der Waals surface area contributed by atoms with Gasteiger partial charge in [-0.3, -0.25) is 9.10 Å². The molecule has 0 saturated carbocycles. The Morgan fingerprint density at radius 2 is 1.54 bits per heavy atom. The average molecular weight is 580 g/mol. The topological polar surface area (TPSA) is 101 Å². The molecule has 1 N–H and O–H groups in total. The molecule has 35 heavy (non-hydrogen) atoms. The summed E-state index contributed by atoms with van der Waals surface area (Å²) < 4.78 is 52.3. The van der Waals surface area contributed by atoms with E-state index in [-0.39, 0.29) is 9.79 Å². The maximum absolute atomic E-state index is 13.5. The van der Waals surface area contributed by atoms with E-state index in [1.807, 2.05) is 13.8 Å². The second-order valence-electron chi connectivity index (χ2n) is 8.17. The van der Waals surface area contributed by atoms with Crippen molar-refractivity contribution in [2.45, 2.75) is 36.1 Å². The van der Waals surface area contributed by atoms with Crippen LogP contribution in [0.3, 0.4) is 0 Å². The summed E-state index contributed by atoms with van der Waals surface area (Å²) in [5.74, 6) is -0.486. The van der Waals surface area contributed by atoms with Crippen molar-refractivity contribution in [3.8, 4) is 0 Å². The van der Waals surface area contributed by atoms with Crippen LogP contribution in [0.4, 0.5) is 5.69 Å². The van der Waals surface area contributed by atoms with Gasteiger partial charge in [-0.2, -0.15) is 0 Å². The van der Waals surface area contributed by atoms with Crippen molar-refractivity contribution in [2.75, 3.05) is 17.1 Å². The largest absolute Gasteiger partial charge is 0.348 e. The van der Waals surface area contributed by atoms with Crippen LogP contribution in [0.2, 0.25) is 0 Å². The van der Waals surface area contributed by atoms with Crippen molar-refractivity contribution < 1.29 is 21.6 Å². The number of aryl methyl sites for hydroxylation is 1. The molecule has 10 heteroatoms. The number of sulfone groups is 1. The molecule has 7 nitrogen and oxygen atoms in total. The van der Waals surface area contributed by atoms with E-state index in [0.29, 0.717) is 16.6 Å². The molecule has 3 rings (SSSR count). The first kappa shape index (κ1) is 26.9. The summed E-state index contributed by atoms with van der Waals surface area (Å²) in [7, 11) is -7.36. The number of carbonyl (C=O) groups is 1. The number of nitrogens with one attached hydrogen (secondary N) is 1. The van der Waals surface area contributed by atoms with Gasteiger partial charge < -0.3 is 5.32 Å². The van der Waals surface area contributed by atoms with Crippen LogP contribution in [0.25, 0.3) is 0 Å². The normalized spacial score (nSPS) is 12.7. The molecule has 0 spiro atoms. The molecule has 0 aliphatic rings. The molecular weight excluding hydrogens is 552 g/mol. The highest BCUT2D eigenvalue weighted by atomic mass is 79.9. The Morgan fingerprint density at radius 3 is 2.09 bits per heavy atom. The lowest BCUT2D eigenvalue weighted by molar-refractivity contribution is -0.120. The van der Waals surface area contributed by atoms with E-state index in [0.717, 1.165) is 21.7 Å². The summed E-state index contributed by atoms with van der Waals surface area (Å²) in [5, 5.41) is 2.88. The number of carbonyl (C=O) groups excluding carboxylic acids is 1. The summed E-state index contributed by atoms with van der Waals surface area (Å²) in [5.41, 5.74) is 1.99. The first-order chi connectivity index (χ1) is 16.4. The van der Waals surface area contributed by atoms with E-state index in [1.54, 1.807) is 48.5 Å². The number of benzene rings is 3. The standard InChI is InChI=1S/C25H27BrN2O5S2/c1-4-24(19-10-14-22(15-11-19)34(3,30)31)27-25(29)17-28(21-7-5-6-20(26)16-21)35(32,33)23-12-8-18(2)9-13-23/h5-16,24H,4,17H2,1-3H3,(H,27,29). The predicted molar refractivity (Wildman–Crippen MR) is 141 cm³/mol. The number of sulfonamides is 1. The Balaban J connectivity index is 1.89. The van der Waals surface area contributed by atoms with Crippen molar-refractivity contribution in [3.63, 3.8) is 0 Å². The van der Waals surface area contributed by atoms with Gasteiger partial charge in [0.25, 0.3) is 10.0 Å². The maximum Gasteiger partial charge on any atom is 0.264 e. The van der Waals surface area contributed by atoms with Gasteiger partial charge in [-0.15, -0.1) is 0 Å². The molecule has 0 bridgehead atoms. The van der Waals surface area contributed by atoms with Gasteiger partial charge in [0.15, 0.2) is 9.84 Å². The van der Waals surface area contributed by atoms with E-state index in [9.17, 15) is 21.6 Å². The lowest BCUT2D eigenvalue weighted by Crippen LogP contribution is -2.42. The monoisotopic (exact) mass is 578 g/mol. The second-order valence-corrected chi connectivity index (χ2v) is 13.0. The minimum absolute atomic E-state index is 0.0827. The van der Waals surface area contributed by atoms with E-state index in [2.05, 4.69) is 21.2 Å². The molecule has 186 valence electrons. The molecule has 3 aromatic carbocycles. The third-order valence-electron chi connectivity index (χ3n) is 5.45. The molecule has 0 radical (unpaired) electrons. The fourth-order valence-corrected chi connectivity index (χ4v) is 5.95. The summed E-state index contributed by atoms with van der Waals surface area (Å²) in [6.45, 7) is 3.32. The quantitative estimate of drug-likeness (QED) is 0.399. The van der Waals surface area contributed by atoms with Crippen LogP contribution in [0.5, 0.6) is 0 Å². The van der Waals surface area contributed by atoms with Crippen molar-refractivity contribution in [1.29, 1.82) is 0 Å². The number of hydrogen-bond acceptors (Lipinski definition) is 5. The molecule has 1 unspecified atom stereocenters. The summed E-state index contributed by atoms with van der Waals surface area (Å²) in [6, 6.07) is 19.1. The summed E-state index contributed by atoms with van der Waals surface area (Å²) in [4.78, 5) is 13.4. The van der Waals surface area contributed by atoms with Crippen molar-refractivity contribution >= 4 is 47.4 Å². The van der Waals surface area contributed by atoms with Gasteiger partial charge >= 0.3 is 0 Å². The van der Waals surface area contributed by atoms with Crippen LogP contribution in [0.1, 0.15) is 30.5 Å². The molecule has 0 saturated heterocycles. The highest BCUT2D eigenvalue weighted by Crippen LogP contribution is 2.27. The Labute approximate surface area is 215 Å². The predicted octanol–water partition coefficient (Wildman–Crippen LogP) is 4.62. The first-order valence-corrected chi connectivity index (χ1v) is 15.0. The minimum Gasteiger partial charge on any atom is -0.348 e. The van der Waals surface area contributed by atoms with Crippen LogP contribution in [-0.2, 0) is 24.7 Å². The number of nitrogens with zero attached hydrogens (tertiary/aromatic N) is 1. The number of amides is 1. The van der Waals surface area contributed by atoms with E-state index < -0.39 is 38.4 Å². The Kier molecular flexibility index (Phi) is 8.40. The van der Waals surface area contributed by atoms with Crippen molar-refractivity contribution in [3.05, 3.63) is 88.4 Å². The van der Waals surface area contributed by atoms with Crippen LogP contribution in [0.15, 0.2) is 87.1 Å². The molecule has 1 atom stereocenters. The summed E-state index contributed by atoms with van der Waals surface area (Å²) >= 11 is 3.37. The maximum atomic E-state index is 13.5. The molecule has 0 aliphatic heterocycles. The van der Waals surface area contributed by atoms with Gasteiger partial charge in [0.05, 0.1) is 21.5 Å². The number of anilines is 1. The van der Waals surface area contributed by atoms with E-state index in [4.69, 9.17) is 0 Å². The second kappa shape index (κ2) is 10.9. The highest BCUT2D eigenvalue weighted by molar-refractivity contribution is 9.10. The van der Waals surface area contributed by atoms with Crippen molar-refractivity contribution in [1.82, 2.24) is 5.32 Å². The van der Waals surface area contributed by atoms with Gasteiger partial charge in [-0.25, -0.2) is 16.8 Å². The van der Waals surface area contributed by atoms with Crippen LogP contribution in [-0.4, -0.2) is 35.5 Å². The number of halogens is 1. The Hall–Kier alpha value is -2.69. The molecule has 0 aliphatic carbocycles. The van der Waals surface area contributed by atoms with Gasteiger partial charge in [-0.1, -0.05) is 58.7 Å². The third kappa shape index (κ3) is 6.71. The molecule has 1 amide bonds. The van der Waals surface area contributed by atoms with Gasteiger partial charge in [0.1, 0.15) is 6.54 Å². The number of hydrogen-bond donors (Lipinski definition) is 1. The SMILES string of the molecule is CCC(NC(=O)CN(c1cccc(Br)c1)S(=O)(=O)c1ccc(C)cc1)c1ccc(S(C)(=O)=O)cc1. The first-order valence-electron chi connectivity index (χ1n) is 10.9. The fourth-order valence-electron chi connectivity index (χ4n) is 3.52. The molecule has 0 aromatic heterocycles. The van der Waals surface area contributed by atoms with Gasteiger partial charge in [-0.05, 0) is 61.4 Å². The highest BCUT2D eigenvalue weighted by Gasteiger charge is 2.28. The fraction of sp³-hybridized carbons (Fsp3) is 0.240. The van der Waals surface area contributed by atoms with Crippen LogP contribution in [0, 0.1) is 6.92 Å². The smallest absolute Gasteiger partial charge is 0.264 e. The average Bonchev–Trinajstić information content (AvgIpc) is 2.80. The number of rotatable bonds is 9. The molecular formula is C25H27BrN2O5S2. The zero-order valence-corrected chi connectivity index (χ0v) is 22.8. The Bertz CT molecular complexity index is 1400. The van der Waals surface area contributed by atoms with E-state index >= 15 is 0 Å². The summed E-state index contributed by atoms with van der Waals surface area (Å²) in [6.07, 6.45) is 1.66. The zero-order valence-electron chi connectivity index (χ0n) is 19.6. The molecule has 3 aromatic rings. The zero-order chi connectivity index (χ0) is 25.8. The molecule has 0 heterocycles. The minimum atomic E-state index is -4.03. The van der Waals surface area contributed by atoms with Crippen LogP contribution < -0.4 is 9.62 Å². The molecule has 0 fully saturated rings. The van der Waals surface area contributed by atoms with Crippen LogP contribution >= 0.6 is 15.9 Å². The van der Waals surface area contributed by atoms with E-state index in [1.165, 1.54) is 24.3 Å². The van der Waals surface area contributed by atoms with Gasteiger partial charge in [0.2, 0.25) is 5.91 Å². The third-order valence-corrected chi connectivity index (χ3v) is 8.86. The van der Waals surface area contributed by atoms with Crippen molar-refractivity contribution in [2.24, 2.45) is 0 Å². The van der Waals surface area contributed by atoms with Gasteiger partial charge in [0, 0.05) is 10.7 Å².